The summed E-state index contributed by atoms with van der Waals surface area (Å²) < 4.78 is 0. The summed E-state index contributed by atoms with van der Waals surface area (Å²) in [6.07, 6.45) is 6.56. The standard InChI is InChI=1S/C11H16N2/c1-9-10(5-4-8-13-9)11(12)6-2-3-7-11/h4-5,8H,2-3,6-7,12H2,1H3. The Morgan fingerprint density at radius 2 is 2.08 bits per heavy atom. The number of hydrogen-bond acceptors (Lipinski definition) is 2. The van der Waals surface area contributed by atoms with Crippen LogP contribution < -0.4 is 5.73 Å². The summed E-state index contributed by atoms with van der Waals surface area (Å²) >= 11 is 0. The lowest BCUT2D eigenvalue weighted by atomic mass is 9.88. The first-order valence-corrected chi connectivity index (χ1v) is 4.93. The van der Waals surface area contributed by atoms with Crippen LogP contribution in [-0.2, 0) is 5.54 Å². The van der Waals surface area contributed by atoms with E-state index in [-0.39, 0.29) is 5.54 Å². The van der Waals surface area contributed by atoms with Crippen molar-refractivity contribution < 1.29 is 0 Å². The van der Waals surface area contributed by atoms with E-state index in [2.05, 4.69) is 11.1 Å². The van der Waals surface area contributed by atoms with Gasteiger partial charge < -0.3 is 5.73 Å². The molecule has 1 fully saturated rings. The van der Waals surface area contributed by atoms with Crippen LogP contribution in [0.5, 0.6) is 0 Å². The fourth-order valence-corrected chi connectivity index (χ4v) is 2.29. The molecule has 1 heterocycles. The molecule has 1 aromatic heterocycles. The zero-order chi connectivity index (χ0) is 9.31. The number of aromatic nitrogens is 1. The third-order valence-electron chi connectivity index (χ3n) is 3.04. The van der Waals surface area contributed by atoms with E-state index in [1.54, 1.807) is 0 Å². The number of nitrogens with two attached hydrogens (primary N) is 1. The Bertz CT molecular complexity index is 301. The van der Waals surface area contributed by atoms with Crippen molar-refractivity contribution in [2.45, 2.75) is 38.1 Å². The van der Waals surface area contributed by atoms with Crippen LogP contribution in [0.25, 0.3) is 0 Å². The minimum absolute atomic E-state index is 0.0850. The second-order valence-electron chi connectivity index (χ2n) is 4.00. The van der Waals surface area contributed by atoms with E-state index in [9.17, 15) is 0 Å². The van der Waals surface area contributed by atoms with Crippen LogP contribution in [-0.4, -0.2) is 4.98 Å². The topological polar surface area (TPSA) is 38.9 Å². The maximum Gasteiger partial charge on any atom is 0.0427 e. The molecular weight excluding hydrogens is 160 g/mol. The molecule has 1 aliphatic rings. The summed E-state index contributed by atoms with van der Waals surface area (Å²) in [5, 5.41) is 0. The van der Waals surface area contributed by atoms with Crippen LogP contribution in [0.3, 0.4) is 0 Å². The summed E-state index contributed by atoms with van der Waals surface area (Å²) in [6, 6.07) is 4.10. The van der Waals surface area contributed by atoms with Gasteiger partial charge in [0.1, 0.15) is 0 Å². The molecule has 0 amide bonds. The third-order valence-corrected chi connectivity index (χ3v) is 3.04. The van der Waals surface area contributed by atoms with Crippen LogP contribution in [0.1, 0.15) is 36.9 Å². The van der Waals surface area contributed by atoms with Crippen molar-refractivity contribution in [2.75, 3.05) is 0 Å². The largest absolute Gasteiger partial charge is 0.321 e. The first kappa shape index (κ1) is 8.70. The van der Waals surface area contributed by atoms with Crippen molar-refractivity contribution in [3.8, 4) is 0 Å². The second-order valence-corrected chi connectivity index (χ2v) is 4.00. The van der Waals surface area contributed by atoms with Crippen molar-refractivity contribution in [3.63, 3.8) is 0 Å². The third kappa shape index (κ3) is 1.46. The molecule has 0 aliphatic heterocycles. The Hall–Kier alpha value is -0.890. The number of pyridine rings is 1. The van der Waals surface area contributed by atoms with Crippen molar-refractivity contribution in [3.05, 3.63) is 29.6 Å². The van der Waals surface area contributed by atoms with E-state index in [1.165, 1.54) is 18.4 Å². The van der Waals surface area contributed by atoms with Crippen LogP contribution in [0.15, 0.2) is 18.3 Å². The average molecular weight is 176 g/mol. The summed E-state index contributed by atoms with van der Waals surface area (Å²) in [5.74, 6) is 0. The zero-order valence-electron chi connectivity index (χ0n) is 8.09. The van der Waals surface area contributed by atoms with E-state index in [4.69, 9.17) is 5.73 Å². The summed E-state index contributed by atoms with van der Waals surface area (Å²) in [5.41, 5.74) is 8.59. The Morgan fingerprint density at radius 3 is 2.69 bits per heavy atom. The van der Waals surface area contributed by atoms with Crippen molar-refractivity contribution in [1.29, 1.82) is 0 Å². The fourth-order valence-electron chi connectivity index (χ4n) is 2.29. The Morgan fingerprint density at radius 1 is 1.38 bits per heavy atom. The first-order valence-electron chi connectivity index (χ1n) is 4.93. The van der Waals surface area contributed by atoms with Gasteiger partial charge in [-0.15, -0.1) is 0 Å². The molecule has 0 bridgehead atoms. The molecule has 2 N–H and O–H groups in total. The highest BCUT2D eigenvalue weighted by Crippen LogP contribution is 2.36. The number of aryl methyl sites for hydroxylation is 1. The average Bonchev–Trinajstić information content (AvgIpc) is 2.54. The molecule has 0 spiro atoms. The van der Waals surface area contributed by atoms with Gasteiger partial charge in [-0.05, 0) is 31.4 Å². The van der Waals surface area contributed by atoms with Crippen molar-refractivity contribution >= 4 is 0 Å². The Balaban J connectivity index is 2.39. The number of hydrogen-bond donors (Lipinski definition) is 1. The maximum atomic E-state index is 6.34. The van der Waals surface area contributed by atoms with Gasteiger partial charge in [0, 0.05) is 17.4 Å². The molecule has 0 saturated heterocycles. The van der Waals surface area contributed by atoms with Crippen LogP contribution in [0, 0.1) is 6.92 Å². The highest BCUT2D eigenvalue weighted by Gasteiger charge is 2.32. The molecule has 2 rings (SSSR count). The molecule has 1 saturated carbocycles. The Kier molecular flexibility index (Phi) is 2.08. The predicted molar refractivity (Wildman–Crippen MR) is 53.3 cm³/mol. The van der Waals surface area contributed by atoms with E-state index in [0.29, 0.717) is 0 Å². The number of nitrogens with zero attached hydrogens (tertiary/aromatic N) is 1. The van der Waals surface area contributed by atoms with E-state index >= 15 is 0 Å². The minimum Gasteiger partial charge on any atom is -0.321 e. The van der Waals surface area contributed by atoms with Crippen molar-refractivity contribution in [2.24, 2.45) is 5.73 Å². The molecule has 0 atom stereocenters. The highest BCUT2D eigenvalue weighted by atomic mass is 14.8. The fraction of sp³-hybridized carbons (Fsp3) is 0.545. The van der Waals surface area contributed by atoms with Crippen LogP contribution in [0.2, 0.25) is 0 Å². The van der Waals surface area contributed by atoms with Gasteiger partial charge in [-0.2, -0.15) is 0 Å². The van der Waals surface area contributed by atoms with Gasteiger partial charge in [0.05, 0.1) is 0 Å². The van der Waals surface area contributed by atoms with Crippen LogP contribution in [0.4, 0.5) is 0 Å². The summed E-state index contributed by atoms with van der Waals surface area (Å²) in [7, 11) is 0. The lowest BCUT2D eigenvalue weighted by molar-refractivity contribution is 0.457. The maximum absolute atomic E-state index is 6.34. The molecule has 70 valence electrons. The van der Waals surface area contributed by atoms with E-state index < -0.39 is 0 Å². The SMILES string of the molecule is Cc1ncccc1C1(N)CCCC1. The second kappa shape index (κ2) is 3.11. The lowest BCUT2D eigenvalue weighted by Gasteiger charge is -2.25. The summed E-state index contributed by atoms with van der Waals surface area (Å²) in [4.78, 5) is 4.29. The molecular formula is C11H16N2. The first-order chi connectivity index (χ1) is 6.22. The normalized spacial score (nSPS) is 20.5. The zero-order valence-corrected chi connectivity index (χ0v) is 8.09. The highest BCUT2D eigenvalue weighted by molar-refractivity contribution is 5.28. The minimum atomic E-state index is -0.0850. The molecule has 13 heavy (non-hydrogen) atoms. The molecule has 2 heteroatoms. The van der Waals surface area contributed by atoms with Gasteiger partial charge in [0.2, 0.25) is 0 Å². The summed E-state index contributed by atoms with van der Waals surface area (Å²) in [6.45, 7) is 2.04. The molecule has 0 radical (unpaired) electrons. The lowest BCUT2D eigenvalue weighted by Crippen LogP contribution is -2.34. The van der Waals surface area contributed by atoms with Gasteiger partial charge in [0.15, 0.2) is 0 Å². The van der Waals surface area contributed by atoms with Crippen molar-refractivity contribution in [1.82, 2.24) is 4.98 Å². The van der Waals surface area contributed by atoms with E-state index in [1.807, 2.05) is 19.2 Å². The van der Waals surface area contributed by atoms with Gasteiger partial charge in [-0.3, -0.25) is 4.98 Å². The van der Waals surface area contributed by atoms with Gasteiger partial charge in [-0.1, -0.05) is 18.9 Å². The Labute approximate surface area is 79.2 Å². The van der Waals surface area contributed by atoms with Crippen LogP contribution >= 0.6 is 0 Å². The quantitative estimate of drug-likeness (QED) is 0.711. The van der Waals surface area contributed by atoms with Gasteiger partial charge in [-0.25, -0.2) is 0 Å². The number of rotatable bonds is 1. The molecule has 2 nitrogen and oxygen atoms in total. The van der Waals surface area contributed by atoms with Gasteiger partial charge >= 0.3 is 0 Å². The predicted octanol–water partition coefficient (Wildman–Crippen LogP) is 2.12. The smallest absolute Gasteiger partial charge is 0.0427 e. The molecule has 0 aromatic carbocycles. The molecule has 1 aliphatic carbocycles. The van der Waals surface area contributed by atoms with Gasteiger partial charge in [0.25, 0.3) is 0 Å². The van der Waals surface area contributed by atoms with E-state index in [0.717, 1.165) is 18.5 Å². The molecule has 1 aromatic rings. The molecule has 0 unspecified atom stereocenters. The monoisotopic (exact) mass is 176 g/mol.